The number of hydrogen-bond donors (Lipinski definition) is 0. The Balaban J connectivity index is 1.48. The Bertz CT molecular complexity index is 576. The lowest BCUT2D eigenvalue weighted by Gasteiger charge is -2.21. The van der Waals surface area contributed by atoms with Crippen LogP contribution in [0.25, 0.3) is 0 Å². The van der Waals surface area contributed by atoms with Crippen molar-refractivity contribution in [3.05, 3.63) is 59.2 Å². The van der Waals surface area contributed by atoms with E-state index in [1.165, 1.54) is 61.4 Å². The standard InChI is InChI=1S/C21H26OS/c22-21(20-9-5-2-6-10-20)23-16-19-13-11-18(12-14-19)15-17-7-3-1-4-8-17/h5,9-14,17H,1-4,6-8,15-16H2. The Morgan fingerprint density at radius 3 is 2.43 bits per heavy atom. The van der Waals surface area contributed by atoms with Crippen LogP contribution in [0.4, 0.5) is 0 Å². The maximum absolute atomic E-state index is 12.1. The Labute approximate surface area is 144 Å². The lowest BCUT2D eigenvalue weighted by molar-refractivity contribution is -0.107. The van der Waals surface area contributed by atoms with Crippen LogP contribution in [0.1, 0.15) is 56.1 Å². The molecule has 2 heteroatoms. The summed E-state index contributed by atoms with van der Waals surface area (Å²) in [4.78, 5) is 12.1. The highest BCUT2D eigenvalue weighted by Crippen LogP contribution is 2.27. The molecule has 1 saturated carbocycles. The zero-order valence-corrected chi connectivity index (χ0v) is 14.6. The van der Waals surface area contributed by atoms with Gasteiger partial charge in [-0.1, -0.05) is 86.4 Å². The van der Waals surface area contributed by atoms with Gasteiger partial charge in [0.15, 0.2) is 0 Å². The van der Waals surface area contributed by atoms with Gasteiger partial charge in [0.2, 0.25) is 5.12 Å². The van der Waals surface area contributed by atoms with Crippen molar-refractivity contribution < 1.29 is 4.79 Å². The highest BCUT2D eigenvalue weighted by atomic mass is 32.2. The molecule has 0 saturated heterocycles. The molecule has 0 heterocycles. The van der Waals surface area contributed by atoms with Crippen LogP contribution in [0.15, 0.2) is 48.1 Å². The second-order valence-electron chi connectivity index (χ2n) is 6.74. The third-order valence-corrected chi connectivity index (χ3v) is 5.85. The third kappa shape index (κ3) is 5.10. The highest BCUT2D eigenvalue weighted by Gasteiger charge is 2.14. The summed E-state index contributed by atoms with van der Waals surface area (Å²) in [6, 6.07) is 8.91. The quantitative estimate of drug-likeness (QED) is 0.675. The van der Waals surface area contributed by atoms with Crippen molar-refractivity contribution >= 4 is 16.9 Å². The number of benzene rings is 1. The van der Waals surface area contributed by atoms with E-state index >= 15 is 0 Å². The maximum Gasteiger partial charge on any atom is 0.219 e. The second-order valence-corrected chi connectivity index (χ2v) is 7.69. The Morgan fingerprint density at radius 1 is 1.00 bits per heavy atom. The van der Waals surface area contributed by atoms with E-state index in [1.54, 1.807) is 0 Å². The molecular formula is C21H26OS. The predicted molar refractivity (Wildman–Crippen MR) is 99.5 cm³/mol. The van der Waals surface area contributed by atoms with Gasteiger partial charge in [0.25, 0.3) is 0 Å². The Morgan fingerprint density at radius 2 is 1.74 bits per heavy atom. The van der Waals surface area contributed by atoms with Crippen molar-refractivity contribution in [3.63, 3.8) is 0 Å². The van der Waals surface area contributed by atoms with Gasteiger partial charge in [0.1, 0.15) is 0 Å². The van der Waals surface area contributed by atoms with Gasteiger partial charge < -0.3 is 0 Å². The first-order chi connectivity index (χ1) is 11.3. The molecule has 2 aliphatic rings. The number of allylic oxidation sites excluding steroid dienone is 3. The van der Waals surface area contributed by atoms with E-state index in [9.17, 15) is 4.79 Å². The number of carbonyl (C=O) groups excluding carboxylic acids is 1. The molecule has 0 unspecified atom stereocenters. The molecule has 3 rings (SSSR count). The van der Waals surface area contributed by atoms with E-state index in [4.69, 9.17) is 0 Å². The summed E-state index contributed by atoms with van der Waals surface area (Å²) >= 11 is 1.42. The van der Waals surface area contributed by atoms with Crippen LogP contribution in [0, 0.1) is 5.92 Å². The lowest BCUT2D eigenvalue weighted by atomic mass is 9.85. The molecule has 1 aromatic rings. The van der Waals surface area contributed by atoms with E-state index in [1.807, 2.05) is 6.08 Å². The average molecular weight is 327 g/mol. The molecule has 0 aromatic heterocycles. The second kappa shape index (κ2) is 8.54. The van der Waals surface area contributed by atoms with Gasteiger partial charge in [0.05, 0.1) is 0 Å². The van der Waals surface area contributed by atoms with Gasteiger partial charge in [-0.15, -0.1) is 0 Å². The summed E-state index contributed by atoms with van der Waals surface area (Å²) in [5.41, 5.74) is 3.57. The molecule has 0 aliphatic heterocycles. The Kier molecular flexibility index (Phi) is 6.15. The summed E-state index contributed by atoms with van der Waals surface area (Å²) in [5.74, 6) is 1.66. The SMILES string of the molecule is O=C(SCc1ccc(CC2CCCCC2)cc1)C1=CCCC=C1. The van der Waals surface area contributed by atoms with Gasteiger partial charge >= 0.3 is 0 Å². The summed E-state index contributed by atoms with van der Waals surface area (Å²) in [6.07, 6.45) is 16.4. The lowest BCUT2D eigenvalue weighted by Crippen LogP contribution is -2.09. The van der Waals surface area contributed by atoms with Gasteiger partial charge in [-0.25, -0.2) is 0 Å². The summed E-state index contributed by atoms with van der Waals surface area (Å²) in [7, 11) is 0. The molecule has 0 radical (unpaired) electrons. The van der Waals surface area contributed by atoms with Crippen LogP contribution in [0.2, 0.25) is 0 Å². The topological polar surface area (TPSA) is 17.1 Å². The van der Waals surface area contributed by atoms with Crippen LogP contribution in [0.5, 0.6) is 0 Å². The fraction of sp³-hybridized carbons (Fsp3) is 0.476. The number of thioether (sulfide) groups is 1. The van der Waals surface area contributed by atoms with Crippen LogP contribution in [-0.4, -0.2) is 5.12 Å². The first-order valence-electron chi connectivity index (χ1n) is 8.93. The summed E-state index contributed by atoms with van der Waals surface area (Å²) in [6.45, 7) is 0. The van der Waals surface area contributed by atoms with Crippen molar-refractivity contribution in [2.75, 3.05) is 0 Å². The van der Waals surface area contributed by atoms with E-state index in [2.05, 4.69) is 36.4 Å². The normalized spacial score (nSPS) is 18.7. The van der Waals surface area contributed by atoms with Crippen LogP contribution >= 0.6 is 11.8 Å². The third-order valence-electron chi connectivity index (χ3n) is 4.87. The maximum atomic E-state index is 12.1. The minimum atomic E-state index is 0.201. The monoisotopic (exact) mass is 326 g/mol. The van der Waals surface area contributed by atoms with Gasteiger partial charge in [0, 0.05) is 11.3 Å². The zero-order chi connectivity index (χ0) is 15.9. The predicted octanol–water partition coefficient (Wildman–Crippen LogP) is 5.85. The molecule has 1 aromatic carbocycles. The minimum Gasteiger partial charge on any atom is -0.282 e. The van der Waals surface area contributed by atoms with Crippen molar-refractivity contribution in [1.29, 1.82) is 0 Å². The molecule has 2 aliphatic carbocycles. The molecule has 23 heavy (non-hydrogen) atoms. The van der Waals surface area contributed by atoms with Crippen molar-refractivity contribution in [2.45, 2.75) is 57.1 Å². The van der Waals surface area contributed by atoms with Crippen molar-refractivity contribution in [2.24, 2.45) is 5.92 Å². The zero-order valence-electron chi connectivity index (χ0n) is 13.8. The molecule has 0 spiro atoms. The fourth-order valence-electron chi connectivity index (χ4n) is 3.49. The molecule has 0 amide bonds. The van der Waals surface area contributed by atoms with E-state index in [0.717, 1.165) is 30.1 Å². The number of rotatable bonds is 5. The van der Waals surface area contributed by atoms with Crippen LogP contribution in [0.3, 0.4) is 0 Å². The highest BCUT2D eigenvalue weighted by molar-refractivity contribution is 8.13. The summed E-state index contributed by atoms with van der Waals surface area (Å²) in [5, 5.41) is 0.201. The average Bonchev–Trinajstić information content (AvgIpc) is 2.62. The van der Waals surface area contributed by atoms with Crippen molar-refractivity contribution in [3.8, 4) is 0 Å². The molecule has 1 nitrogen and oxygen atoms in total. The van der Waals surface area contributed by atoms with Gasteiger partial charge in [-0.05, 0) is 36.3 Å². The van der Waals surface area contributed by atoms with Gasteiger partial charge in [-0.2, -0.15) is 0 Å². The summed E-state index contributed by atoms with van der Waals surface area (Å²) < 4.78 is 0. The molecule has 0 bridgehead atoms. The first kappa shape index (κ1) is 16.6. The van der Waals surface area contributed by atoms with Crippen LogP contribution in [-0.2, 0) is 17.0 Å². The first-order valence-corrected chi connectivity index (χ1v) is 9.91. The smallest absolute Gasteiger partial charge is 0.219 e. The number of carbonyl (C=O) groups is 1. The molecule has 0 N–H and O–H groups in total. The Hall–Kier alpha value is -1.28. The molecular weight excluding hydrogens is 300 g/mol. The van der Waals surface area contributed by atoms with E-state index in [-0.39, 0.29) is 5.12 Å². The molecule has 122 valence electrons. The van der Waals surface area contributed by atoms with E-state index in [0.29, 0.717) is 0 Å². The van der Waals surface area contributed by atoms with Crippen LogP contribution < -0.4 is 0 Å². The van der Waals surface area contributed by atoms with Gasteiger partial charge in [-0.3, -0.25) is 4.79 Å². The van der Waals surface area contributed by atoms with Crippen molar-refractivity contribution in [1.82, 2.24) is 0 Å². The molecule has 1 fully saturated rings. The number of hydrogen-bond acceptors (Lipinski definition) is 2. The molecule has 0 atom stereocenters. The van der Waals surface area contributed by atoms with E-state index < -0.39 is 0 Å². The largest absolute Gasteiger partial charge is 0.282 e. The fourth-order valence-corrected chi connectivity index (χ4v) is 4.30. The minimum absolute atomic E-state index is 0.201.